The van der Waals surface area contributed by atoms with Gasteiger partial charge in [-0.3, -0.25) is 4.79 Å². The van der Waals surface area contributed by atoms with E-state index in [2.05, 4.69) is 10.6 Å². The molecule has 0 aliphatic heterocycles. The molecule has 4 aliphatic carbocycles. The second-order valence-electron chi connectivity index (χ2n) is 9.75. The Morgan fingerprint density at radius 2 is 1.71 bits per heavy atom. The molecule has 4 aliphatic rings. The number of hydrogen-bond acceptors (Lipinski definition) is 5. The van der Waals surface area contributed by atoms with Gasteiger partial charge in [0, 0.05) is 12.2 Å². The normalized spacial score (nSPS) is 28.3. The molecule has 0 saturated heterocycles. The first-order valence-electron chi connectivity index (χ1n) is 11.4. The van der Waals surface area contributed by atoms with Crippen molar-refractivity contribution in [2.75, 3.05) is 18.5 Å². The van der Waals surface area contributed by atoms with Gasteiger partial charge in [0.25, 0.3) is 5.91 Å². The summed E-state index contributed by atoms with van der Waals surface area (Å²) in [5, 5.41) is 6.25. The van der Waals surface area contributed by atoms with Crippen LogP contribution in [0.2, 0.25) is 0 Å². The minimum Gasteiger partial charge on any atom is -0.467 e. The van der Waals surface area contributed by atoms with E-state index in [1.54, 1.807) is 18.4 Å². The van der Waals surface area contributed by atoms with Crippen LogP contribution in [0.3, 0.4) is 0 Å². The third kappa shape index (κ3) is 4.48. The van der Waals surface area contributed by atoms with Gasteiger partial charge >= 0.3 is 5.97 Å². The van der Waals surface area contributed by atoms with Crippen molar-refractivity contribution in [3.8, 4) is 0 Å². The molecular formula is C25H30N2O4. The number of furan rings is 1. The Hall–Kier alpha value is -2.76. The molecule has 31 heavy (non-hydrogen) atoms. The van der Waals surface area contributed by atoms with E-state index in [-0.39, 0.29) is 17.9 Å². The molecule has 0 unspecified atom stereocenters. The number of nitrogens with one attached hydrogen (secondary N) is 2. The van der Waals surface area contributed by atoms with Gasteiger partial charge in [-0.2, -0.15) is 0 Å². The third-order valence-corrected chi connectivity index (χ3v) is 7.34. The average molecular weight is 423 g/mol. The predicted molar refractivity (Wildman–Crippen MR) is 116 cm³/mol. The molecule has 6 nitrogen and oxygen atoms in total. The van der Waals surface area contributed by atoms with Crippen LogP contribution in [-0.2, 0) is 16.1 Å². The van der Waals surface area contributed by atoms with Crippen LogP contribution in [0.4, 0.5) is 5.69 Å². The van der Waals surface area contributed by atoms with Gasteiger partial charge in [0.15, 0.2) is 6.61 Å². The second-order valence-corrected chi connectivity index (χ2v) is 9.75. The van der Waals surface area contributed by atoms with Crippen LogP contribution < -0.4 is 10.6 Å². The molecule has 1 amide bonds. The van der Waals surface area contributed by atoms with Gasteiger partial charge < -0.3 is 19.8 Å². The third-order valence-electron chi connectivity index (χ3n) is 7.34. The van der Waals surface area contributed by atoms with E-state index in [9.17, 15) is 9.59 Å². The molecule has 0 atom stereocenters. The molecule has 4 saturated carbocycles. The Labute approximate surface area is 182 Å². The largest absolute Gasteiger partial charge is 0.467 e. The van der Waals surface area contributed by atoms with Crippen molar-refractivity contribution in [3.63, 3.8) is 0 Å². The lowest BCUT2D eigenvalue weighted by atomic mass is 9.49. The minimum absolute atomic E-state index is 0.217. The van der Waals surface area contributed by atoms with E-state index in [4.69, 9.17) is 9.15 Å². The van der Waals surface area contributed by atoms with Gasteiger partial charge in [0.1, 0.15) is 5.76 Å². The highest BCUT2D eigenvalue weighted by Crippen LogP contribution is 2.59. The summed E-state index contributed by atoms with van der Waals surface area (Å²) in [7, 11) is 0. The van der Waals surface area contributed by atoms with Crippen molar-refractivity contribution in [1.82, 2.24) is 5.32 Å². The van der Waals surface area contributed by atoms with Gasteiger partial charge in [-0.05, 0) is 86.0 Å². The molecule has 1 aromatic carbocycles. The van der Waals surface area contributed by atoms with Crippen molar-refractivity contribution >= 4 is 17.6 Å². The zero-order valence-corrected chi connectivity index (χ0v) is 17.8. The van der Waals surface area contributed by atoms with E-state index >= 15 is 0 Å². The molecule has 1 aromatic heterocycles. The smallest absolute Gasteiger partial charge is 0.340 e. The van der Waals surface area contributed by atoms with Gasteiger partial charge in [-0.15, -0.1) is 0 Å². The van der Waals surface area contributed by atoms with Gasteiger partial charge in [-0.1, -0.05) is 12.1 Å². The molecule has 2 aromatic rings. The first kappa shape index (κ1) is 20.2. The number of esters is 1. The van der Waals surface area contributed by atoms with Gasteiger partial charge in [0.05, 0.1) is 18.4 Å². The Morgan fingerprint density at radius 1 is 1.00 bits per heavy atom. The summed E-state index contributed by atoms with van der Waals surface area (Å²) in [5.74, 6) is 2.60. The van der Waals surface area contributed by atoms with Gasteiger partial charge in [0.2, 0.25) is 0 Å². The van der Waals surface area contributed by atoms with Crippen molar-refractivity contribution < 1.29 is 18.7 Å². The SMILES string of the molecule is O=C(COC(=O)c1ccccc1NCc1ccco1)NCC12CC3CC(CC(C3)C1)C2. The zero-order valence-electron chi connectivity index (χ0n) is 17.8. The van der Waals surface area contributed by atoms with Crippen LogP contribution >= 0.6 is 0 Å². The van der Waals surface area contributed by atoms with Crippen molar-refractivity contribution in [3.05, 3.63) is 54.0 Å². The van der Waals surface area contributed by atoms with E-state index in [1.807, 2.05) is 24.3 Å². The fraction of sp³-hybridized carbons (Fsp3) is 0.520. The standard InChI is InChI=1S/C25H30N2O4/c28-23(27-16-25-11-17-8-18(12-25)10-19(9-17)13-25)15-31-24(29)21-5-1-2-6-22(21)26-14-20-4-3-7-30-20/h1-7,17-19,26H,8-16H2,(H,27,28). The molecule has 6 rings (SSSR count). The fourth-order valence-corrected chi connectivity index (χ4v) is 6.46. The van der Waals surface area contributed by atoms with Crippen LogP contribution in [0.15, 0.2) is 47.1 Å². The maximum atomic E-state index is 12.6. The maximum absolute atomic E-state index is 12.6. The van der Waals surface area contributed by atoms with Crippen molar-refractivity contribution in [1.29, 1.82) is 0 Å². The lowest BCUT2D eigenvalue weighted by Crippen LogP contribution is -2.51. The van der Waals surface area contributed by atoms with Gasteiger partial charge in [-0.25, -0.2) is 4.79 Å². The number of para-hydroxylation sites is 1. The zero-order chi connectivity index (χ0) is 21.3. The summed E-state index contributed by atoms with van der Waals surface area (Å²) in [6, 6.07) is 10.8. The van der Waals surface area contributed by atoms with Crippen LogP contribution in [0, 0.1) is 23.2 Å². The molecule has 2 N–H and O–H groups in total. The molecule has 164 valence electrons. The molecule has 1 heterocycles. The highest BCUT2D eigenvalue weighted by atomic mass is 16.5. The van der Waals surface area contributed by atoms with E-state index in [0.717, 1.165) is 23.5 Å². The van der Waals surface area contributed by atoms with E-state index in [1.165, 1.54) is 38.5 Å². The first-order chi connectivity index (χ1) is 15.1. The summed E-state index contributed by atoms with van der Waals surface area (Å²) in [6.07, 6.45) is 9.50. The predicted octanol–water partition coefficient (Wildman–Crippen LogP) is 4.38. The number of carbonyl (C=O) groups excluding carboxylic acids is 2. The number of benzene rings is 1. The quantitative estimate of drug-likeness (QED) is 0.617. The minimum atomic E-state index is -0.507. The van der Waals surface area contributed by atoms with Crippen molar-refractivity contribution in [2.45, 2.75) is 45.1 Å². The molecule has 4 fully saturated rings. The van der Waals surface area contributed by atoms with E-state index in [0.29, 0.717) is 24.3 Å². The fourth-order valence-electron chi connectivity index (χ4n) is 6.46. The molecule has 0 radical (unpaired) electrons. The van der Waals surface area contributed by atoms with Crippen LogP contribution in [0.5, 0.6) is 0 Å². The Morgan fingerprint density at radius 3 is 2.39 bits per heavy atom. The highest BCUT2D eigenvalue weighted by Gasteiger charge is 2.50. The molecule has 0 spiro atoms. The number of rotatable bonds is 8. The summed E-state index contributed by atoms with van der Waals surface area (Å²) in [6.45, 7) is 0.925. The first-order valence-corrected chi connectivity index (χ1v) is 11.4. The number of ether oxygens (including phenoxy) is 1. The second kappa shape index (κ2) is 8.40. The van der Waals surface area contributed by atoms with Crippen LogP contribution in [-0.4, -0.2) is 25.0 Å². The topological polar surface area (TPSA) is 80.6 Å². The summed E-state index contributed by atoms with van der Waals surface area (Å²) in [4.78, 5) is 25.0. The summed E-state index contributed by atoms with van der Waals surface area (Å²) in [5.41, 5.74) is 1.33. The average Bonchev–Trinajstić information content (AvgIpc) is 3.28. The number of hydrogen-bond donors (Lipinski definition) is 2. The number of carbonyl (C=O) groups is 2. The Kier molecular flexibility index (Phi) is 5.47. The van der Waals surface area contributed by atoms with Crippen LogP contribution in [0.25, 0.3) is 0 Å². The highest BCUT2D eigenvalue weighted by molar-refractivity contribution is 5.96. The Bertz CT molecular complexity index is 901. The lowest BCUT2D eigenvalue weighted by molar-refractivity contribution is -0.126. The van der Waals surface area contributed by atoms with E-state index < -0.39 is 5.97 Å². The Balaban J connectivity index is 1.12. The van der Waals surface area contributed by atoms with Crippen LogP contribution in [0.1, 0.15) is 54.6 Å². The molecule has 6 heteroatoms. The summed E-state index contributed by atoms with van der Waals surface area (Å²) < 4.78 is 10.6. The molecular weight excluding hydrogens is 392 g/mol. The monoisotopic (exact) mass is 422 g/mol. The lowest BCUT2D eigenvalue weighted by Gasteiger charge is -2.56. The summed E-state index contributed by atoms with van der Waals surface area (Å²) >= 11 is 0. The van der Waals surface area contributed by atoms with Crippen molar-refractivity contribution in [2.24, 2.45) is 23.2 Å². The number of anilines is 1. The molecule has 4 bridgehead atoms. The number of amides is 1. The maximum Gasteiger partial charge on any atom is 0.340 e.